The summed E-state index contributed by atoms with van der Waals surface area (Å²) in [5.74, 6) is -0.286. The highest BCUT2D eigenvalue weighted by Gasteiger charge is 2.35. The van der Waals surface area contributed by atoms with E-state index in [9.17, 15) is 12.8 Å². The van der Waals surface area contributed by atoms with Gasteiger partial charge in [0.15, 0.2) is 0 Å². The van der Waals surface area contributed by atoms with Crippen molar-refractivity contribution in [1.29, 1.82) is 0 Å². The van der Waals surface area contributed by atoms with E-state index in [2.05, 4.69) is 0 Å². The first-order chi connectivity index (χ1) is 9.25. The van der Waals surface area contributed by atoms with Gasteiger partial charge < -0.3 is 5.73 Å². The quantitative estimate of drug-likeness (QED) is 0.854. The zero-order chi connectivity index (χ0) is 15.1. The van der Waals surface area contributed by atoms with E-state index in [0.29, 0.717) is 12.5 Å². The van der Waals surface area contributed by atoms with Crippen LogP contribution in [0.1, 0.15) is 32.3 Å². The number of nitrogens with two attached hydrogens (primary N) is 1. The van der Waals surface area contributed by atoms with E-state index in [1.807, 2.05) is 13.8 Å². The number of rotatable bonds is 2. The minimum absolute atomic E-state index is 0.0176. The number of nitrogen functional groups attached to an aromatic ring is 1. The van der Waals surface area contributed by atoms with Gasteiger partial charge in [0.05, 0.1) is 4.90 Å². The fourth-order valence-electron chi connectivity index (χ4n) is 2.70. The zero-order valence-electron chi connectivity index (χ0n) is 12.1. The molecule has 0 bridgehead atoms. The Morgan fingerprint density at radius 3 is 2.65 bits per heavy atom. The molecular formula is C14H21FN2O2S. The SMILES string of the molecule is Cc1c(F)cc(N)cc1S(=O)(=O)N1CCCC(C)C1C. The Balaban J connectivity index is 2.50. The molecule has 1 aliphatic heterocycles. The molecule has 0 spiro atoms. The van der Waals surface area contributed by atoms with E-state index in [1.165, 1.54) is 17.3 Å². The number of hydrogen-bond donors (Lipinski definition) is 1. The lowest BCUT2D eigenvalue weighted by Gasteiger charge is -2.37. The molecule has 2 atom stereocenters. The summed E-state index contributed by atoms with van der Waals surface area (Å²) in [6, 6.07) is 2.41. The maximum Gasteiger partial charge on any atom is 0.243 e. The number of benzene rings is 1. The van der Waals surface area contributed by atoms with Gasteiger partial charge in [-0.2, -0.15) is 4.31 Å². The molecule has 6 heteroatoms. The normalized spacial score (nSPS) is 24.8. The van der Waals surface area contributed by atoms with Crippen LogP contribution < -0.4 is 5.73 Å². The van der Waals surface area contributed by atoms with Gasteiger partial charge >= 0.3 is 0 Å². The number of sulfonamides is 1. The molecule has 0 amide bonds. The monoisotopic (exact) mass is 300 g/mol. The van der Waals surface area contributed by atoms with Gasteiger partial charge in [-0.15, -0.1) is 0 Å². The van der Waals surface area contributed by atoms with Crippen molar-refractivity contribution in [3.05, 3.63) is 23.5 Å². The first-order valence-corrected chi connectivity index (χ1v) is 8.26. The number of piperidine rings is 1. The van der Waals surface area contributed by atoms with Gasteiger partial charge in [-0.05, 0) is 44.7 Å². The Hall–Kier alpha value is -1.14. The van der Waals surface area contributed by atoms with Crippen LogP contribution in [0.25, 0.3) is 0 Å². The summed E-state index contributed by atoms with van der Waals surface area (Å²) in [5, 5.41) is 0. The molecule has 20 heavy (non-hydrogen) atoms. The van der Waals surface area contributed by atoms with Gasteiger partial charge in [0.2, 0.25) is 10.0 Å². The second kappa shape index (κ2) is 5.33. The smallest absolute Gasteiger partial charge is 0.243 e. The topological polar surface area (TPSA) is 63.4 Å². The Morgan fingerprint density at radius 1 is 1.35 bits per heavy atom. The molecule has 2 unspecified atom stereocenters. The summed E-state index contributed by atoms with van der Waals surface area (Å²) in [7, 11) is -3.71. The molecule has 0 aliphatic carbocycles. The number of hydrogen-bond acceptors (Lipinski definition) is 3. The number of anilines is 1. The van der Waals surface area contributed by atoms with Crippen LogP contribution in [0.5, 0.6) is 0 Å². The lowest BCUT2D eigenvalue weighted by molar-refractivity contribution is 0.202. The van der Waals surface area contributed by atoms with E-state index < -0.39 is 15.8 Å². The molecule has 1 aromatic rings. The highest BCUT2D eigenvalue weighted by Crippen LogP contribution is 2.31. The molecule has 4 nitrogen and oxygen atoms in total. The van der Waals surface area contributed by atoms with Crippen molar-refractivity contribution in [1.82, 2.24) is 4.31 Å². The minimum Gasteiger partial charge on any atom is -0.399 e. The molecular weight excluding hydrogens is 279 g/mol. The number of nitrogens with zero attached hydrogens (tertiary/aromatic N) is 1. The standard InChI is InChI=1S/C14H21FN2O2S/c1-9-5-4-6-17(11(9)3)20(18,19)14-8-12(16)7-13(15)10(14)2/h7-9,11H,4-6,16H2,1-3H3. The highest BCUT2D eigenvalue weighted by atomic mass is 32.2. The van der Waals surface area contributed by atoms with Crippen molar-refractivity contribution in [3.8, 4) is 0 Å². The van der Waals surface area contributed by atoms with Gasteiger partial charge in [0, 0.05) is 23.8 Å². The highest BCUT2D eigenvalue weighted by molar-refractivity contribution is 7.89. The van der Waals surface area contributed by atoms with Crippen LogP contribution in [0.4, 0.5) is 10.1 Å². The predicted octanol–water partition coefficient (Wildman–Crippen LogP) is 2.53. The van der Waals surface area contributed by atoms with Crippen molar-refractivity contribution < 1.29 is 12.8 Å². The average Bonchev–Trinajstić information content (AvgIpc) is 2.36. The lowest BCUT2D eigenvalue weighted by atomic mass is 9.94. The van der Waals surface area contributed by atoms with Crippen molar-refractivity contribution in [2.75, 3.05) is 12.3 Å². The van der Waals surface area contributed by atoms with Gasteiger partial charge in [-0.3, -0.25) is 0 Å². The fraction of sp³-hybridized carbons (Fsp3) is 0.571. The van der Waals surface area contributed by atoms with E-state index >= 15 is 0 Å². The molecule has 2 N–H and O–H groups in total. The van der Waals surface area contributed by atoms with Crippen molar-refractivity contribution in [3.63, 3.8) is 0 Å². The second-order valence-electron chi connectivity index (χ2n) is 5.60. The molecule has 0 saturated carbocycles. The molecule has 112 valence electrons. The van der Waals surface area contributed by atoms with Gasteiger partial charge in [0.1, 0.15) is 5.82 Å². The molecule has 1 aliphatic rings. The summed E-state index contributed by atoms with van der Waals surface area (Å²) in [5.41, 5.74) is 5.85. The van der Waals surface area contributed by atoms with E-state index in [1.54, 1.807) is 0 Å². The molecule has 2 rings (SSSR count). The number of halogens is 1. The van der Waals surface area contributed by atoms with E-state index in [0.717, 1.165) is 18.9 Å². The molecule has 0 radical (unpaired) electrons. The Morgan fingerprint density at radius 2 is 2.00 bits per heavy atom. The fourth-order valence-corrected chi connectivity index (χ4v) is 4.74. The van der Waals surface area contributed by atoms with Crippen molar-refractivity contribution in [2.24, 2.45) is 5.92 Å². The van der Waals surface area contributed by atoms with Crippen LogP contribution in [0, 0.1) is 18.7 Å². The van der Waals surface area contributed by atoms with Crippen LogP contribution >= 0.6 is 0 Å². The predicted molar refractivity (Wildman–Crippen MR) is 77.3 cm³/mol. The Bertz CT molecular complexity index is 616. The summed E-state index contributed by atoms with van der Waals surface area (Å²) in [6.07, 6.45) is 1.84. The van der Waals surface area contributed by atoms with Crippen LogP contribution in [0.3, 0.4) is 0 Å². The summed E-state index contributed by atoms with van der Waals surface area (Å²) in [6.45, 7) is 5.89. The largest absolute Gasteiger partial charge is 0.399 e. The summed E-state index contributed by atoms with van der Waals surface area (Å²) >= 11 is 0. The molecule has 1 fully saturated rings. The van der Waals surface area contributed by atoms with Crippen LogP contribution in [-0.2, 0) is 10.0 Å². The molecule has 1 heterocycles. The first kappa shape index (κ1) is 15.3. The van der Waals surface area contributed by atoms with Gasteiger partial charge in [-0.25, -0.2) is 12.8 Å². The van der Waals surface area contributed by atoms with Crippen molar-refractivity contribution in [2.45, 2.75) is 44.6 Å². The summed E-state index contributed by atoms with van der Waals surface area (Å²) < 4.78 is 40.8. The lowest BCUT2D eigenvalue weighted by Crippen LogP contribution is -2.46. The van der Waals surface area contributed by atoms with Gasteiger partial charge in [0.25, 0.3) is 0 Å². The van der Waals surface area contributed by atoms with Gasteiger partial charge in [-0.1, -0.05) is 6.92 Å². The van der Waals surface area contributed by atoms with E-state index in [4.69, 9.17) is 5.73 Å². The van der Waals surface area contributed by atoms with Crippen LogP contribution in [0.15, 0.2) is 17.0 Å². The van der Waals surface area contributed by atoms with Crippen LogP contribution in [0.2, 0.25) is 0 Å². The van der Waals surface area contributed by atoms with Crippen molar-refractivity contribution >= 4 is 15.7 Å². The first-order valence-electron chi connectivity index (χ1n) is 6.82. The molecule has 0 aromatic heterocycles. The minimum atomic E-state index is -3.71. The molecule has 1 aromatic carbocycles. The Labute approximate surface area is 119 Å². The summed E-state index contributed by atoms with van der Waals surface area (Å²) in [4.78, 5) is -0.0176. The third kappa shape index (κ3) is 2.54. The zero-order valence-corrected chi connectivity index (χ0v) is 12.9. The maximum absolute atomic E-state index is 13.7. The Kier molecular flexibility index (Phi) is 4.07. The second-order valence-corrected chi connectivity index (χ2v) is 7.46. The average molecular weight is 300 g/mol. The van der Waals surface area contributed by atoms with E-state index in [-0.39, 0.29) is 22.2 Å². The molecule has 1 saturated heterocycles. The maximum atomic E-state index is 13.7. The van der Waals surface area contributed by atoms with Crippen LogP contribution in [-0.4, -0.2) is 25.3 Å². The third-order valence-corrected chi connectivity index (χ3v) is 6.33. The third-order valence-electron chi connectivity index (χ3n) is 4.22.